The minimum Gasteiger partial charge on any atom is -0.493 e. The largest absolute Gasteiger partial charge is 0.493 e. The number of hydrogen-bond acceptors (Lipinski definition) is 6. The van der Waals surface area contributed by atoms with Gasteiger partial charge < -0.3 is 9.47 Å². The number of carbonyl (C=O) groups excluding carboxylic acids is 2. The van der Waals surface area contributed by atoms with Gasteiger partial charge in [0.05, 0.1) is 17.6 Å². The van der Waals surface area contributed by atoms with Gasteiger partial charge in [-0.1, -0.05) is 63.0 Å². The van der Waals surface area contributed by atoms with Crippen molar-refractivity contribution >= 4 is 46.3 Å². The number of methoxy groups -OCH3 is 1. The molecule has 0 aliphatic carbocycles. The van der Waals surface area contributed by atoms with Crippen LogP contribution in [0.15, 0.2) is 47.4 Å². The number of ether oxygens (including phenoxy) is 2. The van der Waals surface area contributed by atoms with Crippen molar-refractivity contribution in [2.24, 2.45) is 0 Å². The Kier molecular flexibility index (Phi) is 6.86. The normalized spacial score (nSPS) is 15.5. The monoisotopic (exact) mass is 455 g/mol. The van der Waals surface area contributed by atoms with Gasteiger partial charge in [-0.3, -0.25) is 9.69 Å². The lowest BCUT2D eigenvalue weighted by molar-refractivity contribution is -0.121. The van der Waals surface area contributed by atoms with Crippen LogP contribution in [0, 0.1) is 0 Å². The highest BCUT2D eigenvalue weighted by Crippen LogP contribution is 2.35. The quantitative estimate of drug-likeness (QED) is 0.259. The number of thioether (sulfide) groups is 1. The molecule has 0 radical (unpaired) electrons. The van der Waals surface area contributed by atoms with E-state index in [1.54, 1.807) is 41.3 Å². The molecule has 1 amide bonds. The molecule has 7 heteroatoms. The van der Waals surface area contributed by atoms with Crippen molar-refractivity contribution in [3.8, 4) is 11.5 Å². The van der Waals surface area contributed by atoms with E-state index in [2.05, 4.69) is 20.8 Å². The van der Waals surface area contributed by atoms with Crippen molar-refractivity contribution in [2.75, 3.05) is 13.7 Å². The molecule has 1 heterocycles. The van der Waals surface area contributed by atoms with E-state index in [0.29, 0.717) is 32.8 Å². The van der Waals surface area contributed by atoms with Crippen LogP contribution in [0.4, 0.5) is 0 Å². The average Bonchev–Trinajstić information content (AvgIpc) is 3.00. The number of amides is 1. The van der Waals surface area contributed by atoms with Gasteiger partial charge in [0.25, 0.3) is 5.91 Å². The lowest BCUT2D eigenvalue weighted by atomic mass is 9.87. The molecule has 0 unspecified atom stereocenters. The summed E-state index contributed by atoms with van der Waals surface area (Å²) in [4.78, 5) is 27.1. The summed E-state index contributed by atoms with van der Waals surface area (Å²) in [6, 6.07) is 12.6. The Morgan fingerprint density at radius 2 is 1.81 bits per heavy atom. The fraction of sp³-hybridized carbons (Fsp3) is 0.292. The van der Waals surface area contributed by atoms with Gasteiger partial charge in [0.1, 0.15) is 4.32 Å². The van der Waals surface area contributed by atoms with E-state index in [1.165, 1.54) is 18.9 Å². The van der Waals surface area contributed by atoms with Crippen LogP contribution in [0.5, 0.6) is 11.5 Å². The molecule has 2 aromatic carbocycles. The fourth-order valence-electron chi connectivity index (χ4n) is 3.05. The van der Waals surface area contributed by atoms with Crippen LogP contribution in [0.25, 0.3) is 6.08 Å². The van der Waals surface area contributed by atoms with Crippen LogP contribution in [0.3, 0.4) is 0 Å². The van der Waals surface area contributed by atoms with E-state index in [1.807, 2.05) is 19.1 Å². The topological polar surface area (TPSA) is 55.8 Å². The van der Waals surface area contributed by atoms with Gasteiger partial charge in [-0.25, -0.2) is 4.79 Å². The molecule has 0 aromatic heterocycles. The first kappa shape index (κ1) is 23.0. The summed E-state index contributed by atoms with van der Waals surface area (Å²) in [5.74, 6) is 0.144. The maximum Gasteiger partial charge on any atom is 0.343 e. The Labute approximate surface area is 192 Å². The number of rotatable bonds is 5. The fourth-order valence-corrected chi connectivity index (χ4v) is 4.43. The van der Waals surface area contributed by atoms with E-state index in [4.69, 9.17) is 21.7 Å². The first-order valence-corrected chi connectivity index (χ1v) is 11.1. The first-order valence-electron chi connectivity index (χ1n) is 9.90. The maximum atomic E-state index is 12.6. The Balaban J connectivity index is 1.79. The predicted octanol–water partition coefficient (Wildman–Crippen LogP) is 5.43. The van der Waals surface area contributed by atoms with Crippen LogP contribution in [-0.2, 0) is 10.2 Å². The highest BCUT2D eigenvalue weighted by Gasteiger charge is 2.30. The number of benzene rings is 2. The van der Waals surface area contributed by atoms with Gasteiger partial charge in [-0.05, 0) is 53.8 Å². The van der Waals surface area contributed by atoms with Crippen molar-refractivity contribution in [2.45, 2.75) is 33.1 Å². The molecular formula is C24H25NO4S2. The molecule has 1 aliphatic rings. The molecule has 1 saturated heterocycles. The number of thiocarbonyl (C=S) groups is 1. The van der Waals surface area contributed by atoms with Crippen molar-refractivity contribution in [3.63, 3.8) is 0 Å². The Morgan fingerprint density at radius 3 is 2.35 bits per heavy atom. The van der Waals surface area contributed by atoms with Crippen LogP contribution in [0.1, 0.15) is 49.2 Å². The first-order chi connectivity index (χ1) is 14.6. The number of nitrogens with zero attached hydrogens (tertiary/aromatic N) is 1. The predicted molar refractivity (Wildman–Crippen MR) is 129 cm³/mol. The van der Waals surface area contributed by atoms with Crippen molar-refractivity contribution < 1.29 is 19.1 Å². The standard InChI is InChI=1S/C24H25NO4S2/c1-6-25-21(26)20(31-23(25)30)14-15-7-12-18(19(13-15)28-5)29-22(27)16-8-10-17(11-9-16)24(2,3)4/h7-14H,6H2,1-5H3. The number of carbonyl (C=O) groups is 2. The zero-order chi connectivity index (χ0) is 22.8. The van der Waals surface area contributed by atoms with E-state index >= 15 is 0 Å². The number of likely N-dealkylation sites (N-methyl/N-ethyl adjacent to an activating group) is 1. The minimum atomic E-state index is -0.463. The van der Waals surface area contributed by atoms with E-state index in [9.17, 15) is 9.59 Å². The molecule has 162 valence electrons. The summed E-state index contributed by atoms with van der Waals surface area (Å²) >= 11 is 6.52. The zero-order valence-corrected chi connectivity index (χ0v) is 19.9. The highest BCUT2D eigenvalue weighted by molar-refractivity contribution is 8.26. The summed E-state index contributed by atoms with van der Waals surface area (Å²) < 4.78 is 11.5. The van der Waals surface area contributed by atoms with E-state index in [0.717, 1.165) is 11.1 Å². The van der Waals surface area contributed by atoms with E-state index in [-0.39, 0.29) is 11.3 Å². The van der Waals surface area contributed by atoms with Crippen molar-refractivity contribution in [1.29, 1.82) is 0 Å². The van der Waals surface area contributed by atoms with Gasteiger partial charge in [-0.15, -0.1) is 0 Å². The maximum absolute atomic E-state index is 12.6. The van der Waals surface area contributed by atoms with Gasteiger partial charge in [0.15, 0.2) is 11.5 Å². The van der Waals surface area contributed by atoms with Crippen LogP contribution < -0.4 is 9.47 Å². The second kappa shape index (κ2) is 9.24. The molecule has 0 saturated carbocycles. The summed E-state index contributed by atoms with van der Waals surface area (Å²) in [5, 5.41) is 0. The summed E-state index contributed by atoms with van der Waals surface area (Å²) in [7, 11) is 1.51. The van der Waals surface area contributed by atoms with Gasteiger partial charge >= 0.3 is 5.97 Å². The van der Waals surface area contributed by atoms with Crippen molar-refractivity contribution in [3.05, 3.63) is 64.1 Å². The number of hydrogen-bond donors (Lipinski definition) is 0. The third kappa shape index (κ3) is 5.17. The Morgan fingerprint density at radius 1 is 1.13 bits per heavy atom. The van der Waals surface area contributed by atoms with Crippen LogP contribution in [-0.4, -0.2) is 34.8 Å². The summed E-state index contributed by atoms with van der Waals surface area (Å²) in [6.45, 7) is 8.78. The minimum absolute atomic E-state index is 0.00683. The van der Waals surface area contributed by atoms with Crippen molar-refractivity contribution in [1.82, 2.24) is 4.90 Å². The molecule has 3 rings (SSSR count). The summed E-state index contributed by atoms with van der Waals surface area (Å²) in [5.41, 5.74) is 2.36. The SMILES string of the molecule is CCN1C(=O)C(=Cc2ccc(OC(=O)c3ccc(C(C)(C)C)cc3)c(OC)c2)SC1=S. The molecule has 0 N–H and O–H groups in total. The molecule has 2 aromatic rings. The van der Waals surface area contributed by atoms with Gasteiger partial charge in [0.2, 0.25) is 0 Å². The van der Waals surface area contributed by atoms with Crippen LogP contribution >= 0.6 is 24.0 Å². The highest BCUT2D eigenvalue weighted by atomic mass is 32.2. The molecule has 5 nitrogen and oxygen atoms in total. The average molecular weight is 456 g/mol. The van der Waals surface area contributed by atoms with Crippen LogP contribution in [0.2, 0.25) is 0 Å². The number of esters is 1. The van der Waals surface area contributed by atoms with Gasteiger partial charge in [0, 0.05) is 6.54 Å². The van der Waals surface area contributed by atoms with E-state index < -0.39 is 5.97 Å². The lowest BCUT2D eigenvalue weighted by Crippen LogP contribution is -2.27. The smallest absolute Gasteiger partial charge is 0.343 e. The van der Waals surface area contributed by atoms with Gasteiger partial charge in [-0.2, -0.15) is 0 Å². The Hall–Kier alpha value is -2.64. The molecule has 1 aliphatic heterocycles. The lowest BCUT2D eigenvalue weighted by Gasteiger charge is -2.19. The summed E-state index contributed by atoms with van der Waals surface area (Å²) in [6.07, 6.45) is 1.76. The molecule has 0 bridgehead atoms. The molecule has 1 fully saturated rings. The zero-order valence-electron chi connectivity index (χ0n) is 18.2. The molecule has 0 atom stereocenters. The molecular weight excluding hydrogens is 430 g/mol. The second-order valence-electron chi connectivity index (χ2n) is 8.05. The molecule has 31 heavy (non-hydrogen) atoms. The Bertz CT molecular complexity index is 1050. The molecule has 0 spiro atoms. The second-order valence-corrected chi connectivity index (χ2v) is 9.73. The third-order valence-electron chi connectivity index (χ3n) is 4.86. The third-order valence-corrected chi connectivity index (χ3v) is 6.24.